The highest BCUT2D eigenvalue weighted by molar-refractivity contribution is 6.06. The summed E-state index contributed by atoms with van der Waals surface area (Å²) in [4.78, 5) is 47.8. The summed E-state index contributed by atoms with van der Waals surface area (Å²) in [5.41, 5.74) is -0.639. The zero-order chi connectivity index (χ0) is 18.6. The second kappa shape index (κ2) is 7.29. The lowest BCUT2D eigenvalue weighted by Gasteiger charge is -2.15. The first kappa shape index (κ1) is 18.4. The number of esters is 1. The smallest absolute Gasteiger partial charge is 0.325 e. The first-order valence-corrected chi connectivity index (χ1v) is 7.54. The molecule has 2 rings (SSSR count). The maximum Gasteiger partial charge on any atom is 0.325 e. The Bertz CT molecular complexity index is 702. The number of hydrogen-bond acceptors (Lipinski definition) is 5. The molecule has 2 N–H and O–H groups in total. The average molecular weight is 351 g/mol. The minimum Gasteiger partial charge on any atom is -0.456 e. The van der Waals surface area contributed by atoms with E-state index in [-0.39, 0.29) is 13.0 Å². The van der Waals surface area contributed by atoms with Gasteiger partial charge in [-0.2, -0.15) is 0 Å². The summed E-state index contributed by atoms with van der Waals surface area (Å²) in [6, 6.07) is 4.53. The third-order valence-corrected chi connectivity index (χ3v) is 3.48. The van der Waals surface area contributed by atoms with Crippen molar-refractivity contribution in [2.24, 2.45) is 0 Å². The number of urea groups is 1. The van der Waals surface area contributed by atoms with Gasteiger partial charge in [0, 0.05) is 12.2 Å². The molecule has 0 bridgehead atoms. The van der Waals surface area contributed by atoms with Gasteiger partial charge in [0.25, 0.3) is 11.8 Å². The van der Waals surface area contributed by atoms with Crippen LogP contribution >= 0.6 is 0 Å². The van der Waals surface area contributed by atoms with Crippen LogP contribution in [0.25, 0.3) is 0 Å². The standard InChI is InChI=1S/C16H18FN3O5/c1-16(2)14(23)20(15(24)19-16)8-7-13(22)25-9-12(21)18-11-5-3-10(17)4-6-11/h3-6H,7-9H2,1-2H3,(H,18,21)(H,19,24). The molecular formula is C16H18FN3O5. The molecule has 1 fully saturated rings. The van der Waals surface area contributed by atoms with Gasteiger partial charge in [-0.05, 0) is 38.1 Å². The van der Waals surface area contributed by atoms with Crippen LogP contribution in [0.5, 0.6) is 0 Å². The number of nitrogens with zero attached hydrogens (tertiary/aromatic N) is 1. The van der Waals surface area contributed by atoms with Gasteiger partial charge in [0.2, 0.25) is 0 Å². The maximum atomic E-state index is 12.8. The number of carbonyl (C=O) groups is 4. The molecule has 9 heteroatoms. The average Bonchev–Trinajstić information content (AvgIpc) is 2.73. The van der Waals surface area contributed by atoms with Gasteiger partial charge in [-0.1, -0.05) is 0 Å². The second-order valence-electron chi connectivity index (χ2n) is 5.98. The summed E-state index contributed by atoms with van der Waals surface area (Å²) in [6.45, 7) is 2.46. The molecule has 25 heavy (non-hydrogen) atoms. The first-order valence-electron chi connectivity index (χ1n) is 7.54. The molecule has 4 amide bonds. The minimum absolute atomic E-state index is 0.132. The molecule has 1 aromatic carbocycles. The van der Waals surface area contributed by atoms with Gasteiger partial charge >= 0.3 is 12.0 Å². The van der Waals surface area contributed by atoms with Crippen molar-refractivity contribution in [1.82, 2.24) is 10.2 Å². The van der Waals surface area contributed by atoms with Crippen LogP contribution in [0, 0.1) is 5.82 Å². The molecule has 1 saturated heterocycles. The molecule has 0 atom stereocenters. The number of benzene rings is 1. The summed E-state index contributed by atoms with van der Waals surface area (Å²) < 4.78 is 17.5. The van der Waals surface area contributed by atoms with Crippen molar-refractivity contribution in [3.63, 3.8) is 0 Å². The van der Waals surface area contributed by atoms with Gasteiger partial charge in [0.05, 0.1) is 6.42 Å². The van der Waals surface area contributed by atoms with Crippen molar-refractivity contribution in [2.75, 3.05) is 18.5 Å². The van der Waals surface area contributed by atoms with Gasteiger partial charge < -0.3 is 15.4 Å². The molecule has 0 radical (unpaired) electrons. The summed E-state index contributed by atoms with van der Waals surface area (Å²) in [7, 11) is 0. The van der Waals surface area contributed by atoms with Crippen molar-refractivity contribution < 1.29 is 28.3 Å². The zero-order valence-corrected chi connectivity index (χ0v) is 13.8. The lowest BCUT2D eigenvalue weighted by Crippen LogP contribution is -2.40. The van der Waals surface area contributed by atoms with E-state index in [1.165, 1.54) is 24.3 Å². The molecule has 1 aromatic rings. The first-order chi connectivity index (χ1) is 11.7. The van der Waals surface area contributed by atoms with Gasteiger partial charge in [0.15, 0.2) is 6.61 Å². The third-order valence-electron chi connectivity index (χ3n) is 3.48. The number of rotatable bonds is 6. The predicted octanol–water partition coefficient (Wildman–Crippen LogP) is 1.03. The number of amides is 4. The minimum atomic E-state index is -1.00. The number of ether oxygens (including phenoxy) is 1. The van der Waals surface area contributed by atoms with Crippen LogP contribution in [0.4, 0.5) is 14.9 Å². The Kier molecular flexibility index (Phi) is 5.35. The molecular weight excluding hydrogens is 333 g/mol. The molecule has 0 spiro atoms. The Morgan fingerprint density at radius 3 is 2.44 bits per heavy atom. The SMILES string of the molecule is CC1(C)NC(=O)N(CCC(=O)OCC(=O)Nc2ccc(F)cc2)C1=O. The number of carbonyl (C=O) groups excluding carboxylic acids is 4. The number of hydrogen-bond donors (Lipinski definition) is 2. The molecule has 1 aliphatic heterocycles. The van der Waals surface area contributed by atoms with Crippen molar-refractivity contribution in [3.05, 3.63) is 30.1 Å². The normalized spacial score (nSPS) is 15.7. The summed E-state index contributed by atoms with van der Waals surface area (Å²) in [6.07, 6.45) is -0.223. The van der Waals surface area contributed by atoms with Gasteiger partial charge in [-0.3, -0.25) is 19.3 Å². The fraction of sp³-hybridized carbons (Fsp3) is 0.375. The van der Waals surface area contributed by atoms with Crippen LogP contribution in [0.2, 0.25) is 0 Å². The van der Waals surface area contributed by atoms with E-state index in [9.17, 15) is 23.6 Å². The summed E-state index contributed by atoms with van der Waals surface area (Å²) in [5.74, 6) is -2.18. The number of halogens is 1. The molecule has 0 aliphatic carbocycles. The highest BCUT2D eigenvalue weighted by Crippen LogP contribution is 2.16. The lowest BCUT2D eigenvalue weighted by molar-refractivity contribution is -0.147. The Morgan fingerprint density at radius 1 is 1.24 bits per heavy atom. The monoisotopic (exact) mass is 351 g/mol. The highest BCUT2D eigenvalue weighted by atomic mass is 19.1. The van der Waals surface area contributed by atoms with E-state index in [1.807, 2.05) is 0 Å². The molecule has 0 unspecified atom stereocenters. The Hall–Kier alpha value is -2.97. The van der Waals surface area contributed by atoms with E-state index in [0.717, 1.165) is 4.90 Å². The molecule has 1 aliphatic rings. The molecule has 8 nitrogen and oxygen atoms in total. The topological polar surface area (TPSA) is 105 Å². The molecule has 1 heterocycles. The largest absolute Gasteiger partial charge is 0.456 e. The van der Waals surface area contributed by atoms with Crippen molar-refractivity contribution in [1.29, 1.82) is 0 Å². The van der Waals surface area contributed by atoms with E-state index in [1.54, 1.807) is 13.8 Å². The summed E-state index contributed by atoms with van der Waals surface area (Å²) >= 11 is 0. The van der Waals surface area contributed by atoms with Crippen molar-refractivity contribution in [3.8, 4) is 0 Å². The molecule has 134 valence electrons. The number of anilines is 1. The maximum absolute atomic E-state index is 12.8. The van der Waals surface area contributed by atoms with Crippen molar-refractivity contribution in [2.45, 2.75) is 25.8 Å². The Morgan fingerprint density at radius 2 is 1.88 bits per heavy atom. The van der Waals surface area contributed by atoms with Crippen LogP contribution in [0.3, 0.4) is 0 Å². The second-order valence-corrected chi connectivity index (χ2v) is 5.98. The van der Waals surface area contributed by atoms with Crippen LogP contribution < -0.4 is 10.6 Å². The van der Waals surface area contributed by atoms with E-state index >= 15 is 0 Å². The Balaban J connectivity index is 1.73. The van der Waals surface area contributed by atoms with E-state index in [4.69, 9.17) is 4.74 Å². The van der Waals surface area contributed by atoms with Gasteiger partial charge in [-0.15, -0.1) is 0 Å². The number of nitrogens with one attached hydrogen (secondary N) is 2. The van der Waals surface area contributed by atoms with Gasteiger partial charge in [-0.25, -0.2) is 9.18 Å². The number of imide groups is 1. The van der Waals surface area contributed by atoms with Crippen LogP contribution in [0.1, 0.15) is 20.3 Å². The van der Waals surface area contributed by atoms with Crippen molar-refractivity contribution >= 4 is 29.5 Å². The van der Waals surface area contributed by atoms with Crippen LogP contribution in [-0.2, 0) is 19.1 Å². The fourth-order valence-corrected chi connectivity index (χ4v) is 2.17. The zero-order valence-electron chi connectivity index (χ0n) is 13.8. The van der Waals surface area contributed by atoms with E-state index in [2.05, 4.69) is 10.6 Å². The van der Waals surface area contributed by atoms with Crippen LogP contribution in [-0.4, -0.2) is 47.4 Å². The third kappa shape index (κ3) is 4.75. The fourth-order valence-electron chi connectivity index (χ4n) is 2.17. The van der Waals surface area contributed by atoms with Gasteiger partial charge in [0.1, 0.15) is 11.4 Å². The Labute approximate surface area is 143 Å². The van der Waals surface area contributed by atoms with Crippen LogP contribution in [0.15, 0.2) is 24.3 Å². The van der Waals surface area contributed by atoms with E-state index in [0.29, 0.717) is 5.69 Å². The predicted molar refractivity (Wildman–Crippen MR) is 84.9 cm³/mol. The highest BCUT2D eigenvalue weighted by Gasteiger charge is 2.44. The molecule has 0 saturated carbocycles. The summed E-state index contributed by atoms with van der Waals surface area (Å²) in [5, 5.41) is 4.93. The quantitative estimate of drug-likeness (QED) is 0.588. The molecule has 0 aromatic heterocycles. The van der Waals surface area contributed by atoms with E-state index < -0.39 is 41.8 Å². The lowest BCUT2D eigenvalue weighted by atomic mass is 10.1.